The fourth-order valence-corrected chi connectivity index (χ4v) is 3.78. The Hall–Kier alpha value is -0.920. The average Bonchev–Trinajstić information content (AvgIpc) is 2.62. The second-order valence-corrected chi connectivity index (χ2v) is 8.87. The molecule has 0 aromatic rings. The van der Waals surface area contributed by atoms with Crippen LogP contribution in [0.2, 0.25) is 0 Å². The molecular weight excluding hydrogens is 378 g/mol. The van der Waals surface area contributed by atoms with Gasteiger partial charge in [-0.3, -0.25) is 9.35 Å². The van der Waals surface area contributed by atoms with Crippen LogP contribution in [-0.4, -0.2) is 41.4 Å². The van der Waals surface area contributed by atoms with Gasteiger partial charge in [0, 0.05) is 13.1 Å². The summed E-state index contributed by atoms with van der Waals surface area (Å²) in [6.07, 6.45) is 20.7. The van der Waals surface area contributed by atoms with E-state index < -0.39 is 16.3 Å². The maximum absolute atomic E-state index is 11.2. The fraction of sp³-hybridized carbons (Fsp3) is 0.857. The van der Waals surface area contributed by atoms with Crippen LogP contribution in [0.25, 0.3) is 0 Å². The van der Waals surface area contributed by atoms with E-state index in [0.717, 1.165) is 30.0 Å². The van der Waals surface area contributed by atoms with E-state index >= 15 is 0 Å². The highest BCUT2D eigenvalue weighted by molar-refractivity contribution is 7.83. The van der Waals surface area contributed by atoms with Crippen LogP contribution in [0.3, 0.4) is 0 Å². The quantitative estimate of drug-likeness (QED) is 0.152. The van der Waals surface area contributed by atoms with E-state index in [9.17, 15) is 13.2 Å². The van der Waals surface area contributed by atoms with E-state index in [-0.39, 0.29) is 19.5 Å². The Labute approximate surface area is 172 Å². The Morgan fingerprint density at radius 3 is 1.71 bits per heavy atom. The number of carbonyl (C=O) groups is 1. The molecule has 0 amide bonds. The third kappa shape index (κ3) is 18.4. The van der Waals surface area contributed by atoms with Crippen LogP contribution < -0.4 is 0 Å². The number of aliphatic carboxylic acids is 1. The highest BCUT2D eigenvalue weighted by Gasteiger charge is 2.18. The van der Waals surface area contributed by atoms with Crippen molar-refractivity contribution in [2.45, 2.75) is 103 Å². The third-order valence-electron chi connectivity index (χ3n) is 4.82. The molecule has 0 unspecified atom stereocenters. The molecule has 0 rings (SSSR count). The number of hydrogen-bond acceptors (Lipinski definition) is 3. The van der Waals surface area contributed by atoms with Crippen molar-refractivity contribution in [3.8, 4) is 0 Å². The van der Waals surface area contributed by atoms with E-state index in [2.05, 4.69) is 19.1 Å². The fourth-order valence-electron chi connectivity index (χ4n) is 3.10. The van der Waals surface area contributed by atoms with Crippen LogP contribution in [0.1, 0.15) is 103 Å². The summed E-state index contributed by atoms with van der Waals surface area (Å²) in [5.41, 5.74) is 0. The highest BCUT2D eigenvalue weighted by Crippen LogP contribution is 2.11. The zero-order valence-corrected chi connectivity index (χ0v) is 18.5. The molecule has 0 spiro atoms. The van der Waals surface area contributed by atoms with E-state index in [4.69, 9.17) is 9.66 Å². The zero-order chi connectivity index (χ0) is 21.1. The molecule has 0 saturated heterocycles. The van der Waals surface area contributed by atoms with Gasteiger partial charge < -0.3 is 5.11 Å². The smallest absolute Gasteiger partial charge is 0.335 e. The van der Waals surface area contributed by atoms with Gasteiger partial charge >= 0.3 is 16.3 Å². The van der Waals surface area contributed by atoms with Gasteiger partial charge in [-0.25, -0.2) is 0 Å². The molecule has 0 bridgehead atoms. The van der Waals surface area contributed by atoms with E-state index in [0.29, 0.717) is 6.42 Å². The molecule has 2 N–H and O–H groups in total. The highest BCUT2D eigenvalue weighted by atomic mass is 32.2. The Morgan fingerprint density at radius 1 is 0.786 bits per heavy atom. The Bertz CT molecular complexity index is 505. The first kappa shape index (κ1) is 27.1. The summed E-state index contributed by atoms with van der Waals surface area (Å²) < 4.78 is 32.4. The summed E-state index contributed by atoms with van der Waals surface area (Å²) in [5.74, 6) is -1.07. The Balaban J connectivity index is 3.53. The van der Waals surface area contributed by atoms with E-state index in [1.807, 2.05) is 0 Å². The summed E-state index contributed by atoms with van der Waals surface area (Å²) in [6, 6.07) is 0. The summed E-state index contributed by atoms with van der Waals surface area (Å²) in [6.45, 7) is 2.23. The predicted molar refractivity (Wildman–Crippen MR) is 115 cm³/mol. The van der Waals surface area contributed by atoms with Crippen molar-refractivity contribution in [3.05, 3.63) is 12.2 Å². The number of carboxylic acids is 1. The lowest BCUT2D eigenvalue weighted by molar-refractivity contribution is -0.137. The second kappa shape index (κ2) is 18.1. The van der Waals surface area contributed by atoms with Gasteiger partial charge in [0.1, 0.15) is 0 Å². The molecule has 0 aromatic heterocycles. The van der Waals surface area contributed by atoms with Gasteiger partial charge in [-0.05, 0) is 32.1 Å². The van der Waals surface area contributed by atoms with Crippen molar-refractivity contribution in [3.63, 3.8) is 0 Å². The minimum Gasteiger partial charge on any atom is -0.481 e. The van der Waals surface area contributed by atoms with Gasteiger partial charge in [-0.15, -0.1) is 0 Å². The lowest BCUT2D eigenvalue weighted by Gasteiger charge is -2.17. The van der Waals surface area contributed by atoms with E-state index in [1.54, 1.807) is 0 Å². The molecule has 0 aliphatic rings. The molecule has 0 radical (unpaired) electrons. The van der Waals surface area contributed by atoms with Crippen LogP contribution in [-0.2, 0) is 15.1 Å². The van der Waals surface area contributed by atoms with Crippen LogP contribution >= 0.6 is 0 Å². The summed E-state index contributed by atoms with van der Waals surface area (Å²) in [7, 11) is -4.32. The van der Waals surface area contributed by atoms with Crippen molar-refractivity contribution in [1.29, 1.82) is 0 Å². The molecule has 0 aliphatic carbocycles. The zero-order valence-electron chi connectivity index (χ0n) is 17.7. The molecule has 0 fully saturated rings. The lowest BCUT2D eigenvalue weighted by atomic mass is 10.1. The maximum atomic E-state index is 11.2. The molecule has 7 heteroatoms. The molecule has 0 atom stereocenters. The maximum Gasteiger partial charge on any atom is 0.335 e. The number of carboxylic acid groups (broad SMARTS) is 1. The van der Waals surface area contributed by atoms with Gasteiger partial charge in [-0.2, -0.15) is 12.7 Å². The minimum atomic E-state index is -4.32. The largest absolute Gasteiger partial charge is 0.481 e. The van der Waals surface area contributed by atoms with Gasteiger partial charge in [0.25, 0.3) is 0 Å². The molecule has 6 nitrogen and oxygen atoms in total. The molecule has 0 heterocycles. The monoisotopic (exact) mass is 419 g/mol. The average molecular weight is 420 g/mol. The SMILES string of the molecule is CCCCCCCC/C=C\CCCCCCCCN(CCC(=O)O)S(=O)(=O)O. The first-order valence-electron chi connectivity index (χ1n) is 11.0. The number of hydrogen-bond donors (Lipinski definition) is 2. The lowest BCUT2D eigenvalue weighted by Crippen LogP contribution is -2.33. The van der Waals surface area contributed by atoms with Crippen LogP contribution in [0.15, 0.2) is 12.2 Å². The van der Waals surface area contributed by atoms with E-state index in [1.165, 1.54) is 57.8 Å². The standard InChI is InChI=1S/C21H41NO5S/c1-2-3-4-5-6-7-8-9-10-11-12-13-14-15-16-17-19-22(28(25,26)27)20-18-21(23)24/h9-10H,2-8,11-20H2,1H3,(H,23,24)(H,25,26,27)/b10-9-. The van der Waals surface area contributed by atoms with Crippen molar-refractivity contribution < 1.29 is 22.9 Å². The molecule has 0 aliphatic heterocycles. The van der Waals surface area contributed by atoms with Crippen molar-refractivity contribution in [2.24, 2.45) is 0 Å². The molecule has 0 saturated carbocycles. The Kier molecular flexibility index (Phi) is 17.5. The number of rotatable bonds is 20. The second-order valence-electron chi connectivity index (χ2n) is 7.46. The minimum absolute atomic E-state index is 0.174. The number of allylic oxidation sites excluding steroid dienone is 2. The number of nitrogens with zero attached hydrogens (tertiary/aromatic N) is 1. The van der Waals surface area contributed by atoms with Crippen molar-refractivity contribution in [2.75, 3.05) is 13.1 Å². The van der Waals surface area contributed by atoms with Crippen LogP contribution in [0, 0.1) is 0 Å². The molecule has 0 aromatic carbocycles. The summed E-state index contributed by atoms with van der Waals surface area (Å²) in [5, 5.41) is 8.63. The molecular formula is C21H41NO5S. The van der Waals surface area contributed by atoms with Gasteiger partial charge in [0.05, 0.1) is 6.42 Å². The van der Waals surface area contributed by atoms with Crippen LogP contribution in [0.5, 0.6) is 0 Å². The first-order valence-corrected chi connectivity index (χ1v) is 12.4. The topological polar surface area (TPSA) is 94.9 Å². The number of unbranched alkanes of at least 4 members (excludes halogenated alkanes) is 12. The third-order valence-corrected chi connectivity index (χ3v) is 5.84. The molecule has 28 heavy (non-hydrogen) atoms. The normalized spacial score (nSPS) is 12.2. The van der Waals surface area contributed by atoms with Crippen LogP contribution in [0.4, 0.5) is 0 Å². The summed E-state index contributed by atoms with van der Waals surface area (Å²) in [4.78, 5) is 10.5. The van der Waals surface area contributed by atoms with Gasteiger partial charge in [0.15, 0.2) is 0 Å². The van der Waals surface area contributed by atoms with Gasteiger partial charge in [-0.1, -0.05) is 76.9 Å². The summed E-state index contributed by atoms with van der Waals surface area (Å²) >= 11 is 0. The van der Waals surface area contributed by atoms with Crippen molar-refractivity contribution in [1.82, 2.24) is 4.31 Å². The predicted octanol–water partition coefficient (Wildman–Crippen LogP) is 5.60. The molecule has 166 valence electrons. The Morgan fingerprint density at radius 2 is 1.25 bits per heavy atom. The van der Waals surface area contributed by atoms with Crippen molar-refractivity contribution >= 4 is 16.3 Å². The first-order chi connectivity index (χ1) is 13.4. The van der Waals surface area contributed by atoms with Gasteiger partial charge in [0.2, 0.25) is 0 Å².